The lowest BCUT2D eigenvalue weighted by Crippen LogP contribution is -2.26. The second-order valence-corrected chi connectivity index (χ2v) is 4.29. The SMILES string of the molecule is N.O=C(Cc1ccc2ccccc2c1)NS(=O)[O-]. The summed E-state index contributed by atoms with van der Waals surface area (Å²) >= 11 is -2.55. The van der Waals surface area contributed by atoms with Crippen molar-refractivity contribution in [3.63, 3.8) is 0 Å². The fourth-order valence-corrected chi connectivity index (χ4v) is 1.92. The third-order valence-corrected chi connectivity index (χ3v) is 2.77. The molecule has 0 spiro atoms. The first-order valence-electron chi connectivity index (χ1n) is 5.01. The fraction of sp³-hybridized carbons (Fsp3) is 0.0833. The molecule has 0 saturated heterocycles. The summed E-state index contributed by atoms with van der Waals surface area (Å²) < 4.78 is 22.4. The highest BCUT2D eigenvalue weighted by atomic mass is 32.2. The Kier molecular flexibility index (Phi) is 4.96. The number of hydrogen-bond acceptors (Lipinski definition) is 4. The van der Waals surface area contributed by atoms with Crippen molar-refractivity contribution in [3.8, 4) is 0 Å². The van der Waals surface area contributed by atoms with Gasteiger partial charge in [0, 0.05) is 11.3 Å². The molecule has 2 rings (SSSR count). The van der Waals surface area contributed by atoms with Crippen LogP contribution in [-0.4, -0.2) is 14.7 Å². The summed E-state index contributed by atoms with van der Waals surface area (Å²) in [6.07, 6.45) is 0.0544. The van der Waals surface area contributed by atoms with Crippen molar-refractivity contribution < 1.29 is 13.6 Å². The summed E-state index contributed by atoms with van der Waals surface area (Å²) in [5, 5.41) is 2.12. The highest BCUT2D eigenvalue weighted by Gasteiger charge is 2.03. The molecule has 0 radical (unpaired) electrons. The Morgan fingerprint density at radius 1 is 1.17 bits per heavy atom. The summed E-state index contributed by atoms with van der Waals surface area (Å²) in [7, 11) is 0. The fourth-order valence-electron chi connectivity index (χ4n) is 1.66. The van der Waals surface area contributed by atoms with E-state index >= 15 is 0 Å². The third kappa shape index (κ3) is 3.63. The molecular weight excluding hydrogens is 252 g/mol. The maximum atomic E-state index is 11.3. The van der Waals surface area contributed by atoms with E-state index in [0.717, 1.165) is 16.3 Å². The van der Waals surface area contributed by atoms with Crippen LogP contribution in [0.2, 0.25) is 0 Å². The highest BCUT2D eigenvalue weighted by molar-refractivity contribution is 7.77. The molecule has 5 nitrogen and oxygen atoms in total. The van der Waals surface area contributed by atoms with Crippen LogP contribution in [0.1, 0.15) is 5.56 Å². The van der Waals surface area contributed by atoms with Gasteiger partial charge in [0.25, 0.3) is 0 Å². The largest absolute Gasteiger partial charge is 0.755 e. The zero-order valence-electron chi connectivity index (χ0n) is 9.59. The van der Waals surface area contributed by atoms with Gasteiger partial charge in [-0.3, -0.25) is 13.7 Å². The smallest absolute Gasteiger partial charge is 0.235 e. The van der Waals surface area contributed by atoms with Crippen LogP contribution < -0.4 is 10.9 Å². The molecule has 0 heterocycles. The van der Waals surface area contributed by atoms with Crippen LogP contribution in [-0.2, 0) is 22.5 Å². The van der Waals surface area contributed by atoms with Crippen molar-refractivity contribution in [3.05, 3.63) is 48.0 Å². The first-order chi connectivity index (χ1) is 8.15. The lowest BCUT2D eigenvalue weighted by Gasteiger charge is -2.07. The highest BCUT2D eigenvalue weighted by Crippen LogP contribution is 2.15. The average molecular weight is 265 g/mol. The third-order valence-electron chi connectivity index (χ3n) is 2.38. The molecule has 1 atom stereocenters. The number of fused-ring (bicyclic) bond motifs is 1. The molecule has 96 valence electrons. The van der Waals surface area contributed by atoms with E-state index in [4.69, 9.17) is 0 Å². The van der Waals surface area contributed by atoms with Gasteiger partial charge in [-0.15, -0.1) is 0 Å². The predicted molar refractivity (Wildman–Crippen MR) is 69.7 cm³/mol. The molecule has 6 heteroatoms. The Hall–Kier alpha value is -1.76. The first kappa shape index (κ1) is 14.3. The molecule has 0 saturated carbocycles. The van der Waals surface area contributed by atoms with Gasteiger partial charge in [-0.2, -0.15) is 0 Å². The molecule has 2 aromatic carbocycles. The quantitative estimate of drug-likeness (QED) is 0.819. The van der Waals surface area contributed by atoms with Crippen LogP contribution in [0.25, 0.3) is 10.8 Å². The Labute approximate surface area is 107 Å². The molecule has 2 aromatic rings. The number of rotatable bonds is 3. The normalized spacial score (nSPS) is 11.6. The van der Waals surface area contributed by atoms with Gasteiger partial charge in [0.1, 0.15) is 0 Å². The van der Waals surface area contributed by atoms with Crippen molar-refractivity contribution in [2.24, 2.45) is 0 Å². The van der Waals surface area contributed by atoms with Gasteiger partial charge in [0.05, 0.1) is 6.42 Å². The molecule has 0 fully saturated rings. The monoisotopic (exact) mass is 265 g/mol. The van der Waals surface area contributed by atoms with Crippen LogP contribution in [0.15, 0.2) is 42.5 Å². The van der Waals surface area contributed by atoms with Gasteiger partial charge in [0.2, 0.25) is 5.91 Å². The zero-order valence-corrected chi connectivity index (χ0v) is 10.4. The molecule has 1 unspecified atom stereocenters. The summed E-state index contributed by atoms with van der Waals surface area (Å²) in [6.45, 7) is 0. The predicted octanol–water partition coefficient (Wildman–Crippen LogP) is 1.45. The van der Waals surface area contributed by atoms with Crippen molar-refractivity contribution in [1.29, 1.82) is 0 Å². The van der Waals surface area contributed by atoms with E-state index in [1.807, 2.05) is 47.2 Å². The summed E-state index contributed by atoms with van der Waals surface area (Å²) in [5.74, 6) is -0.534. The van der Waals surface area contributed by atoms with Crippen molar-refractivity contribution in [2.45, 2.75) is 6.42 Å². The summed E-state index contributed by atoms with van der Waals surface area (Å²) in [4.78, 5) is 11.3. The average Bonchev–Trinajstić information content (AvgIpc) is 2.27. The second-order valence-electron chi connectivity index (χ2n) is 3.62. The van der Waals surface area contributed by atoms with E-state index in [0.29, 0.717) is 0 Å². The lowest BCUT2D eigenvalue weighted by atomic mass is 10.1. The Morgan fingerprint density at radius 2 is 1.83 bits per heavy atom. The lowest BCUT2D eigenvalue weighted by molar-refractivity contribution is -0.118. The van der Waals surface area contributed by atoms with E-state index in [-0.39, 0.29) is 12.6 Å². The molecule has 0 aliphatic carbocycles. The van der Waals surface area contributed by atoms with Crippen LogP contribution in [0, 0.1) is 0 Å². The minimum absolute atomic E-state index is 0. The molecular formula is C12H13N2O3S-. The van der Waals surface area contributed by atoms with Crippen LogP contribution in [0.4, 0.5) is 0 Å². The van der Waals surface area contributed by atoms with Gasteiger partial charge >= 0.3 is 0 Å². The van der Waals surface area contributed by atoms with E-state index in [1.54, 1.807) is 0 Å². The van der Waals surface area contributed by atoms with E-state index < -0.39 is 17.2 Å². The number of benzene rings is 2. The minimum atomic E-state index is -2.55. The van der Waals surface area contributed by atoms with Gasteiger partial charge in [-0.1, -0.05) is 42.5 Å². The summed E-state index contributed by atoms with van der Waals surface area (Å²) in [6, 6.07) is 13.4. The first-order valence-corrected chi connectivity index (χ1v) is 6.09. The molecule has 0 aliphatic rings. The summed E-state index contributed by atoms with van der Waals surface area (Å²) in [5.41, 5.74) is 0.784. The van der Waals surface area contributed by atoms with Gasteiger partial charge in [-0.05, 0) is 16.3 Å². The molecule has 0 aliphatic heterocycles. The van der Waals surface area contributed by atoms with Crippen molar-refractivity contribution in [1.82, 2.24) is 10.9 Å². The molecule has 1 amide bonds. The van der Waals surface area contributed by atoms with E-state index in [1.165, 1.54) is 0 Å². The Morgan fingerprint density at radius 3 is 2.50 bits per heavy atom. The number of hydrogen-bond donors (Lipinski definition) is 2. The van der Waals surface area contributed by atoms with E-state index in [2.05, 4.69) is 0 Å². The number of amides is 1. The number of nitrogens with one attached hydrogen (secondary N) is 1. The standard InChI is InChI=1S/C12H11NO3S.H3N/c14-12(13-17(15)16)8-9-5-6-10-3-1-2-4-11(10)7-9;/h1-7H,8H2,(H,13,14)(H,15,16);1H3/p-1. The van der Waals surface area contributed by atoms with Crippen LogP contribution in [0.5, 0.6) is 0 Å². The van der Waals surface area contributed by atoms with Crippen LogP contribution in [0.3, 0.4) is 0 Å². The molecule has 18 heavy (non-hydrogen) atoms. The topological polar surface area (TPSA) is 104 Å². The Bertz CT molecular complexity index is 586. The Balaban J connectivity index is 0.00000162. The molecule has 0 aromatic heterocycles. The van der Waals surface area contributed by atoms with Crippen molar-refractivity contribution in [2.75, 3.05) is 0 Å². The molecule has 4 N–H and O–H groups in total. The maximum absolute atomic E-state index is 11.3. The van der Waals surface area contributed by atoms with Gasteiger partial charge in [0.15, 0.2) is 0 Å². The second kappa shape index (κ2) is 6.25. The number of carbonyl (C=O) groups is 1. The minimum Gasteiger partial charge on any atom is -0.755 e. The maximum Gasteiger partial charge on any atom is 0.235 e. The van der Waals surface area contributed by atoms with Crippen molar-refractivity contribution >= 4 is 27.9 Å². The van der Waals surface area contributed by atoms with Crippen LogP contribution >= 0.6 is 0 Å². The zero-order chi connectivity index (χ0) is 12.3. The van der Waals surface area contributed by atoms with Gasteiger partial charge in [-0.25, -0.2) is 0 Å². The van der Waals surface area contributed by atoms with E-state index in [9.17, 15) is 13.6 Å². The number of carbonyl (C=O) groups excluding carboxylic acids is 1. The molecule has 0 bridgehead atoms. The van der Waals surface area contributed by atoms with Gasteiger partial charge < -0.3 is 10.7 Å².